The average Bonchev–Trinajstić information content (AvgIpc) is 2.46. The molecule has 0 saturated heterocycles. The van der Waals surface area contributed by atoms with Crippen molar-refractivity contribution in [3.63, 3.8) is 0 Å². The van der Waals surface area contributed by atoms with Gasteiger partial charge in [0.2, 0.25) is 0 Å². The molecule has 2 atom stereocenters. The number of rotatable bonds is 3. The van der Waals surface area contributed by atoms with Crippen molar-refractivity contribution in [1.82, 2.24) is 0 Å². The zero-order valence-corrected chi connectivity index (χ0v) is 13.1. The first-order chi connectivity index (χ1) is 10.1. The summed E-state index contributed by atoms with van der Waals surface area (Å²) in [5.74, 6) is 0. The lowest BCUT2D eigenvalue weighted by Gasteiger charge is -2.28. The Balaban J connectivity index is 1.81. The maximum Gasteiger partial charge on any atom is 0.0845 e. The zero-order chi connectivity index (χ0) is 14.8. The van der Waals surface area contributed by atoms with E-state index in [1.54, 1.807) is 6.07 Å². The third-order valence-corrected chi connectivity index (χ3v) is 4.31. The number of ether oxygens (including phenoxy) is 1. The Labute approximate surface area is 134 Å². The summed E-state index contributed by atoms with van der Waals surface area (Å²) in [6.07, 6.45) is 1.71. The number of nitrogens with two attached hydrogens (primary N) is 1. The minimum Gasteiger partial charge on any atom is -0.373 e. The molecule has 0 amide bonds. The van der Waals surface area contributed by atoms with Crippen LogP contribution in [0.25, 0.3) is 0 Å². The standard InChI is InChI=1S/C17H17Cl2NO/c18-13-7-12(8-14(19)9-13)16(20)10-17-15-4-2-1-3-11(15)5-6-21-17/h1-4,7-9,16-17H,5-6,10,20H2. The molecule has 0 aromatic heterocycles. The monoisotopic (exact) mass is 321 g/mol. The molecule has 0 bridgehead atoms. The average molecular weight is 322 g/mol. The van der Waals surface area contributed by atoms with Gasteiger partial charge in [-0.2, -0.15) is 0 Å². The fraction of sp³-hybridized carbons (Fsp3) is 0.294. The summed E-state index contributed by atoms with van der Waals surface area (Å²) in [5.41, 5.74) is 9.86. The van der Waals surface area contributed by atoms with E-state index in [-0.39, 0.29) is 12.1 Å². The maximum absolute atomic E-state index is 6.32. The number of fused-ring (bicyclic) bond motifs is 1. The van der Waals surface area contributed by atoms with Crippen LogP contribution in [0.4, 0.5) is 0 Å². The number of hydrogen-bond acceptors (Lipinski definition) is 2. The minimum absolute atomic E-state index is 0.0303. The van der Waals surface area contributed by atoms with Crippen LogP contribution < -0.4 is 5.73 Å². The molecule has 2 aromatic carbocycles. The molecule has 3 rings (SSSR count). The van der Waals surface area contributed by atoms with Gasteiger partial charge in [0, 0.05) is 16.1 Å². The van der Waals surface area contributed by atoms with Crippen molar-refractivity contribution >= 4 is 23.2 Å². The summed E-state index contributed by atoms with van der Waals surface area (Å²) in [5, 5.41) is 1.22. The van der Waals surface area contributed by atoms with Gasteiger partial charge in [-0.3, -0.25) is 0 Å². The summed E-state index contributed by atoms with van der Waals surface area (Å²) in [4.78, 5) is 0. The van der Waals surface area contributed by atoms with Gasteiger partial charge in [-0.25, -0.2) is 0 Å². The van der Waals surface area contributed by atoms with E-state index in [0.29, 0.717) is 16.5 Å². The van der Waals surface area contributed by atoms with E-state index in [2.05, 4.69) is 18.2 Å². The van der Waals surface area contributed by atoms with Crippen LogP contribution in [-0.2, 0) is 11.2 Å². The third kappa shape index (κ3) is 3.41. The second-order valence-electron chi connectivity index (χ2n) is 5.35. The first-order valence-electron chi connectivity index (χ1n) is 7.04. The highest BCUT2D eigenvalue weighted by Crippen LogP contribution is 2.34. The van der Waals surface area contributed by atoms with Crippen LogP contribution in [0.5, 0.6) is 0 Å². The lowest BCUT2D eigenvalue weighted by Crippen LogP contribution is -2.21. The van der Waals surface area contributed by atoms with Gasteiger partial charge in [-0.05, 0) is 47.7 Å². The van der Waals surface area contributed by atoms with E-state index in [1.165, 1.54) is 11.1 Å². The first-order valence-corrected chi connectivity index (χ1v) is 7.80. The van der Waals surface area contributed by atoms with E-state index in [9.17, 15) is 0 Å². The van der Waals surface area contributed by atoms with E-state index in [0.717, 1.165) is 18.6 Å². The topological polar surface area (TPSA) is 35.2 Å². The van der Waals surface area contributed by atoms with Crippen molar-refractivity contribution in [2.45, 2.75) is 25.0 Å². The largest absolute Gasteiger partial charge is 0.373 e. The van der Waals surface area contributed by atoms with E-state index in [4.69, 9.17) is 33.7 Å². The van der Waals surface area contributed by atoms with Crippen molar-refractivity contribution in [3.05, 3.63) is 69.2 Å². The lowest BCUT2D eigenvalue weighted by atomic mass is 9.92. The Morgan fingerprint density at radius 3 is 2.62 bits per heavy atom. The SMILES string of the molecule is NC(CC1OCCc2ccccc21)c1cc(Cl)cc(Cl)c1. The van der Waals surface area contributed by atoms with E-state index in [1.807, 2.05) is 18.2 Å². The van der Waals surface area contributed by atoms with Gasteiger partial charge in [0.1, 0.15) is 0 Å². The van der Waals surface area contributed by atoms with Crippen molar-refractivity contribution in [2.75, 3.05) is 6.61 Å². The fourth-order valence-electron chi connectivity index (χ4n) is 2.83. The van der Waals surface area contributed by atoms with Crippen LogP contribution in [0.3, 0.4) is 0 Å². The van der Waals surface area contributed by atoms with Crippen LogP contribution in [-0.4, -0.2) is 6.61 Å². The molecule has 1 aliphatic heterocycles. The fourth-order valence-corrected chi connectivity index (χ4v) is 3.37. The van der Waals surface area contributed by atoms with Gasteiger partial charge < -0.3 is 10.5 Å². The summed E-state index contributed by atoms with van der Waals surface area (Å²) in [6, 6.07) is 13.7. The highest BCUT2D eigenvalue weighted by molar-refractivity contribution is 6.34. The quantitative estimate of drug-likeness (QED) is 0.889. The van der Waals surface area contributed by atoms with Crippen molar-refractivity contribution in [3.8, 4) is 0 Å². The molecule has 4 heteroatoms. The maximum atomic E-state index is 6.32. The molecule has 2 N–H and O–H groups in total. The van der Waals surface area contributed by atoms with Gasteiger partial charge in [0.05, 0.1) is 12.7 Å². The van der Waals surface area contributed by atoms with Gasteiger partial charge in [-0.15, -0.1) is 0 Å². The number of hydrogen-bond donors (Lipinski definition) is 1. The van der Waals surface area contributed by atoms with Crippen molar-refractivity contribution < 1.29 is 4.74 Å². The first kappa shape index (κ1) is 14.9. The van der Waals surface area contributed by atoms with Crippen LogP contribution in [0.15, 0.2) is 42.5 Å². The summed E-state index contributed by atoms with van der Waals surface area (Å²) < 4.78 is 5.91. The molecule has 1 heterocycles. The smallest absolute Gasteiger partial charge is 0.0845 e. The molecule has 0 saturated carbocycles. The molecule has 1 aliphatic rings. The summed E-state index contributed by atoms with van der Waals surface area (Å²) >= 11 is 12.1. The Bertz CT molecular complexity index is 624. The second kappa shape index (κ2) is 6.37. The Morgan fingerprint density at radius 2 is 1.86 bits per heavy atom. The van der Waals surface area contributed by atoms with Crippen LogP contribution >= 0.6 is 23.2 Å². The van der Waals surface area contributed by atoms with Crippen LogP contribution in [0.2, 0.25) is 10.0 Å². The Hall–Kier alpha value is -1.06. The number of benzene rings is 2. The highest BCUT2D eigenvalue weighted by atomic mass is 35.5. The van der Waals surface area contributed by atoms with Gasteiger partial charge in [0.25, 0.3) is 0 Å². The molecule has 110 valence electrons. The van der Waals surface area contributed by atoms with Gasteiger partial charge in [-0.1, -0.05) is 47.5 Å². The molecule has 0 fully saturated rings. The summed E-state index contributed by atoms with van der Waals surface area (Å²) in [6.45, 7) is 0.741. The second-order valence-corrected chi connectivity index (χ2v) is 6.23. The molecule has 2 unspecified atom stereocenters. The highest BCUT2D eigenvalue weighted by Gasteiger charge is 2.23. The van der Waals surface area contributed by atoms with Crippen LogP contribution in [0.1, 0.15) is 35.3 Å². The Morgan fingerprint density at radius 1 is 1.14 bits per heavy atom. The van der Waals surface area contributed by atoms with Crippen molar-refractivity contribution in [2.24, 2.45) is 5.73 Å². The van der Waals surface area contributed by atoms with Crippen molar-refractivity contribution in [1.29, 1.82) is 0 Å². The summed E-state index contributed by atoms with van der Waals surface area (Å²) in [7, 11) is 0. The predicted octanol–water partition coefficient (Wildman–Crippen LogP) is 4.70. The van der Waals surface area contributed by atoms with E-state index >= 15 is 0 Å². The van der Waals surface area contributed by atoms with Gasteiger partial charge in [0.15, 0.2) is 0 Å². The van der Waals surface area contributed by atoms with E-state index < -0.39 is 0 Å². The molecule has 0 spiro atoms. The molecule has 2 nitrogen and oxygen atoms in total. The normalized spacial score (nSPS) is 19.1. The zero-order valence-electron chi connectivity index (χ0n) is 11.6. The molecular weight excluding hydrogens is 305 g/mol. The molecule has 0 aliphatic carbocycles. The van der Waals surface area contributed by atoms with Gasteiger partial charge >= 0.3 is 0 Å². The predicted molar refractivity (Wildman–Crippen MR) is 86.8 cm³/mol. The molecule has 2 aromatic rings. The molecule has 0 radical (unpaired) electrons. The minimum atomic E-state index is -0.155. The molecular formula is C17H17Cl2NO. The Kier molecular flexibility index (Phi) is 4.51. The lowest BCUT2D eigenvalue weighted by molar-refractivity contribution is 0.0320. The van der Waals surface area contributed by atoms with Crippen LogP contribution in [0, 0.1) is 0 Å². The molecule has 21 heavy (non-hydrogen) atoms. The third-order valence-electron chi connectivity index (χ3n) is 3.87. The number of halogens is 2.